The zero-order valence-electron chi connectivity index (χ0n) is 12.4. The van der Waals surface area contributed by atoms with Gasteiger partial charge in [-0.3, -0.25) is 9.97 Å². The smallest absolute Gasteiger partial charge is 0.144 e. The molecule has 5 rings (SSSR count). The lowest BCUT2D eigenvalue weighted by molar-refractivity contribution is 0.619. The van der Waals surface area contributed by atoms with Crippen molar-refractivity contribution in [2.24, 2.45) is 0 Å². The molecule has 0 N–H and O–H groups in total. The molecule has 0 aliphatic heterocycles. The topological polar surface area (TPSA) is 38.9 Å². The number of furan rings is 1. The lowest BCUT2D eigenvalue weighted by Crippen LogP contribution is -1.76. The van der Waals surface area contributed by atoms with Crippen molar-refractivity contribution in [3.05, 3.63) is 85.4 Å². The quantitative estimate of drug-likeness (QED) is 0.393. The zero-order valence-corrected chi connectivity index (χ0v) is 12.4. The van der Waals surface area contributed by atoms with E-state index in [1.807, 2.05) is 67.0 Å². The number of pyridine rings is 2. The first-order valence-electron chi connectivity index (χ1n) is 7.42. The largest absolute Gasteiger partial charge is 0.464 e. The van der Waals surface area contributed by atoms with Crippen molar-refractivity contribution >= 4 is 32.8 Å². The van der Waals surface area contributed by atoms with Gasteiger partial charge < -0.3 is 4.42 Å². The van der Waals surface area contributed by atoms with E-state index in [1.165, 1.54) is 5.39 Å². The van der Waals surface area contributed by atoms with Crippen LogP contribution in [-0.2, 0) is 0 Å². The summed E-state index contributed by atoms with van der Waals surface area (Å²) in [5.74, 6) is 0. The standard InChI is InChI=1S/C11H7NO.C9H7N/c1-2-4-10-9(3-1)11-8(7-12-10)5-6-13-11;1-2-6-9-8(4-1)5-3-7-10-9/h1-7H;1-7H. The summed E-state index contributed by atoms with van der Waals surface area (Å²) in [6.07, 6.45) is 5.34. The Balaban J connectivity index is 0.000000122. The minimum atomic E-state index is 0.922. The van der Waals surface area contributed by atoms with Gasteiger partial charge in [0.2, 0.25) is 0 Å². The van der Waals surface area contributed by atoms with Gasteiger partial charge in [-0.2, -0.15) is 0 Å². The Hall–Kier alpha value is -3.20. The molecule has 0 aliphatic carbocycles. The summed E-state index contributed by atoms with van der Waals surface area (Å²) in [5.41, 5.74) is 2.96. The predicted molar refractivity (Wildman–Crippen MR) is 93.3 cm³/mol. The Morgan fingerprint density at radius 1 is 0.652 bits per heavy atom. The number of aromatic nitrogens is 2. The number of hydrogen-bond donors (Lipinski definition) is 0. The fourth-order valence-electron chi connectivity index (χ4n) is 2.57. The molecule has 3 aromatic heterocycles. The molecule has 0 aliphatic rings. The van der Waals surface area contributed by atoms with Crippen molar-refractivity contribution < 1.29 is 4.42 Å². The highest BCUT2D eigenvalue weighted by atomic mass is 16.3. The van der Waals surface area contributed by atoms with E-state index in [9.17, 15) is 0 Å². The lowest BCUT2D eigenvalue weighted by Gasteiger charge is -1.95. The first-order valence-corrected chi connectivity index (χ1v) is 7.42. The van der Waals surface area contributed by atoms with Gasteiger partial charge >= 0.3 is 0 Å². The molecule has 0 unspecified atom stereocenters. The normalized spacial score (nSPS) is 10.6. The molecular formula is C20H14N2O. The first-order chi connectivity index (χ1) is 11.4. The molecule has 110 valence electrons. The summed E-state index contributed by atoms with van der Waals surface area (Å²) in [7, 11) is 0. The second kappa shape index (κ2) is 5.89. The van der Waals surface area contributed by atoms with Gasteiger partial charge in [0.05, 0.1) is 17.3 Å². The Kier molecular flexibility index (Phi) is 3.45. The minimum Gasteiger partial charge on any atom is -0.464 e. The number of hydrogen-bond acceptors (Lipinski definition) is 3. The molecule has 0 spiro atoms. The van der Waals surface area contributed by atoms with Gasteiger partial charge in [-0.25, -0.2) is 0 Å². The molecule has 0 bridgehead atoms. The molecule has 3 nitrogen and oxygen atoms in total. The number of rotatable bonds is 0. The van der Waals surface area contributed by atoms with E-state index < -0.39 is 0 Å². The van der Waals surface area contributed by atoms with E-state index in [0.717, 1.165) is 27.4 Å². The monoisotopic (exact) mass is 298 g/mol. The molecule has 3 heteroatoms. The van der Waals surface area contributed by atoms with Crippen LogP contribution in [0.1, 0.15) is 0 Å². The Bertz CT molecular complexity index is 1020. The summed E-state index contributed by atoms with van der Waals surface area (Å²) in [5, 5.41) is 3.33. The highest BCUT2D eigenvalue weighted by Gasteiger charge is 2.02. The van der Waals surface area contributed by atoms with Crippen LogP contribution in [0.25, 0.3) is 32.8 Å². The number of fused-ring (bicyclic) bond motifs is 4. The molecular weight excluding hydrogens is 284 g/mol. The second-order valence-electron chi connectivity index (χ2n) is 5.18. The van der Waals surface area contributed by atoms with Crippen LogP contribution in [0.5, 0.6) is 0 Å². The molecule has 0 fully saturated rings. The number of nitrogens with zero attached hydrogens (tertiary/aromatic N) is 2. The zero-order chi connectivity index (χ0) is 15.5. The van der Waals surface area contributed by atoms with Crippen LogP contribution in [0.2, 0.25) is 0 Å². The third-order valence-corrected chi connectivity index (χ3v) is 3.70. The first kappa shape index (κ1) is 13.5. The third kappa shape index (κ3) is 2.64. The van der Waals surface area contributed by atoms with Crippen LogP contribution >= 0.6 is 0 Å². The maximum Gasteiger partial charge on any atom is 0.144 e. The van der Waals surface area contributed by atoms with Crippen molar-refractivity contribution in [3.8, 4) is 0 Å². The van der Waals surface area contributed by atoms with E-state index in [2.05, 4.69) is 22.1 Å². The number of benzene rings is 2. The van der Waals surface area contributed by atoms with E-state index in [4.69, 9.17) is 4.42 Å². The van der Waals surface area contributed by atoms with Crippen LogP contribution < -0.4 is 0 Å². The highest BCUT2D eigenvalue weighted by Crippen LogP contribution is 2.23. The lowest BCUT2D eigenvalue weighted by atomic mass is 10.2. The summed E-state index contributed by atoms with van der Waals surface area (Å²) in [6, 6.07) is 22.0. The van der Waals surface area contributed by atoms with Gasteiger partial charge in [0, 0.05) is 28.6 Å². The number of para-hydroxylation sites is 2. The molecule has 3 heterocycles. The van der Waals surface area contributed by atoms with E-state index in [-0.39, 0.29) is 0 Å². The van der Waals surface area contributed by atoms with E-state index in [1.54, 1.807) is 6.26 Å². The van der Waals surface area contributed by atoms with Crippen molar-refractivity contribution in [2.75, 3.05) is 0 Å². The van der Waals surface area contributed by atoms with Crippen LogP contribution in [0, 0.1) is 0 Å². The van der Waals surface area contributed by atoms with Gasteiger partial charge in [0.1, 0.15) is 5.58 Å². The fraction of sp³-hybridized carbons (Fsp3) is 0. The van der Waals surface area contributed by atoms with Crippen LogP contribution in [0.3, 0.4) is 0 Å². The van der Waals surface area contributed by atoms with Crippen molar-refractivity contribution in [1.82, 2.24) is 9.97 Å². The average Bonchev–Trinajstić information content (AvgIpc) is 3.12. The van der Waals surface area contributed by atoms with E-state index >= 15 is 0 Å². The molecule has 0 saturated carbocycles. The van der Waals surface area contributed by atoms with Crippen molar-refractivity contribution in [1.29, 1.82) is 0 Å². The van der Waals surface area contributed by atoms with Gasteiger partial charge in [-0.1, -0.05) is 36.4 Å². The molecule has 0 radical (unpaired) electrons. The molecule has 0 atom stereocenters. The van der Waals surface area contributed by atoms with Crippen LogP contribution in [-0.4, -0.2) is 9.97 Å². The summed E-state index contributed by atoms with van der Waals surface area (Å²) < 4.78 is 5.39. The highest BCUT2D eigenvalue weighted by molar-refractivity contribution is 6.01. The average molecular weight is 298 g/mol. The van der Waals surface area contributed by atoms with E-state index in [0.29, 0.717) is 0 Å². The molecule has 5 aromatic rings. The summed E-state index contributed by atoms with van der Waals surface area (Å²) in [4.78, 5) is 8.50. The second-order valence-corrected chi connectivity index (χ2v) is 5.18. The van der Waals surface area contributed by atoms with Gasteiger partial charge in [-0.15, -0.1) is 0 Å². The third-order valence-electron chi connectivity index (χ3n) is 3.70. The summed E-state index contributed by atoms with van der Waals surface area (Å²) in [6.45, 7) is 0. The Morgan fingerprint density at radius 3 is 2.35 bits per heavy atom. The predicted octanol–water partition coefficient (Wildman–Crippen LogP) is 5.22. The molecule has 0 saturated heterocycles. The molecule has 2 aromatic carbocycles. The maximum absolute atomic E-state index is 5.39. The van der Waals surface area contributed by atoms with Gasteiger partial charge in [0.15, 0.2) is 0 Å². The van der Waals surface area contributed by atoms with Crippen LogP contribution in [0.4, 0.5) is 0 Å². The maximum atomic E-state index is 5.39. The molecule has 0 amide bonds. The summed E-state index contributed by atoms with van der Waals surface area (Å²) >= 11 is 0. The Morgan fingerprint density at radius 2 is 1.43 bits per heavy atom. The Labute approximate surface area is 133 Å². The molecule has 23 heavy (non-hydrogen) atoms. The van der Waals surface area contributed by atoms with Gasteiger partial charge in [-0.05, 0) is 30.3 Å². The SMILES string of the molecule is c1ccc2c(c1)ncc1ccoc12.c1ccc2ncccc2c1. The van der Waals surface area contributed by atoms with Crippen LogP contribution in [0.15, 0.2) is 89.8 Å². The van der Waals surface area contributed by atoms with Crippen molar-refractivity contribution in [2.45, 2.75) is 0 Å². The van der Waals surface area contributed by atoms with Crippen molar-refractivity contribution in [3.63, 3.8) is 0 Å². The minimum absolute atomic E-state index is 0.922. The fourth-order valence-corrected chi connectivity index (χ4v) is 2.57. The van der Waals surface area contributed by atoms with Gasteiger partial charge in [0.25, 0.3) is 0 Å².